The number of methoxy groups -OCH3 is 2. The third-order valence-corrected chi connectivity index (χ3v) is 6.23. The van der Waals surface area contributed by atoms with Crippen molar-refractivity contribution in [3.63, 3.8) is 0 Å². The van der Waals surface area contributed by atoms with Gasteiger partial charge in [0.1, 0.15) is 23.0 Å². The van der Waals surface area contributed by atoms with Crippen molar-refractivity contribution >= 4 is 16.8 Å². The molecule has 0 bridgehead atoms. The average molecular weight is 446 g/mol. The molecule has 1 aliphatic rings. The second-order valence-electron chi connectivity index (χ2n) is 8.42. The highest BCUT2D eigenvalue weighted by atomic mass is 16.5. The van der Waals surface area contributed by atoms with Gasteiger partial charge in [-0.3, -0.25) is 4.79 Å². The Hall–Kier alpha value is -3.74. The van der Waals surface area contributed by atoms with Crippen LogP contribution in [0, 0.1) is 0 Å². The zero-order chi connectivity index (χ0) is 22.8. The molecule has 0 saturated carbocycles. The van der Waals surface area contributed by atoms with Gasteiger partial charge in [0.25, 0.3) is 5.91 Å². The van der Waals surface area contributed by atoms with E-state index in [1.54, 1.807) is 20.4 Å². The Bertz CT molecular complexity index is 1260. The van der Waals surface area contributed by atoms with Crippen LogP contribution in [0.5, 0.6) is 11.5 Å². The predicted octanol–water partition coefficient (Wildman–Crippen LogP) is 4.78. The van der Waals surface area contributed by atoms with Crippen LogP contribution in [0.1, 0.15) is 46.5 Å². The molecule has 0 radical (unpaired) electrons. The number of fused-ring (bicyclic) bond motifs is 1. The van der Waals surface area contributed by atoms with Gasteiger partial charge in [-0.25, -0.2) is 4.98 Å². The van der Waals surface area contributed by atoms with Crippen LogP contribution in [-0.4, -0.2) is 48.1 Å². The number of hydrogen-bond acceptors (Lipinski definition) is 5. The third-order valence-electron chi connectivity index (χ3n) is 6.23. The Morgan fingerprint density at radius 3 is 2.70 bits per heavy atom. The number of nitrogens with zero attached hydrogens (tertiary/aromatic N) is 2. The standard InChI is InChI=1S/C26H27N3O4/c1-31-20-7-5-17(6-8-20)12-22-15-27-25(33-22)18-4-3-11-29(16-18)26(30)24-14-19-13-21(32-2)9-10-23(19)28-24/h5-10,13-15,18,28H,3-4,11-12,16H2,1-2H3/t18-/m1/s1. The van der Waals surface area contributed by atoms with Crippen LogP contribution >= 0.6 is 0 Å². The van der Waals surface area contributed by atoms with Crippen molar-refractivity contribution in [3.8, 4) is 11.5 Å². The zero-order valence-corrected chi connectivity index (χ0v) is 18.8. The van der Waals surface area contributed by atoms with Crippen molar-refractivity contribution in [1.82, 2.24) is 14.9 Å². The summed E-state index contributed by atoms with van der Waals surface area (Å²) < 4.78 is 16.6. The fraction of sp³-hybridized carbons (Fsp3) is 0.308. The minimum Gasteiger partial charge on any atom is -0.497 e. The molecule has 1 aliphatic heterocycles. The van der Waals surface area contributed by atoms with Crippen LogP contribution in [0.3, 0.4) is 0 Å². The maximum Gasteiger partial charge on any atom is 0.270 e. The van der Waals surface area contributed by atoms with Gasteiger partial charge in [-0.2, -0.15) is 0 Å². The van der Waals surface area contributed by atoms with E-state index in [4.69, 9.17) is 13.9 Å². The summed E-state index contributed by atoms with van der Waals surface area (Å²) in [6, 6.07) is 15.6. The van der Waals surface area contributed by atoms with Crippen molar-refractivity contribution in [2.24, 2.45) is 0 Å². The molecule has 4 aromatic rings. The number of ether oxygens (including phenoxy) is 2. The lowest BCUT2D eigenvalue weighted by Crippen LogP contribution is -2.39. The highest BCUT2D eigenvalue weighted by Gasteiger charge is 2.29. The van der Waals surface area contributed by atoms with Gasteiger partial charge in [-0.15, -0.1) is 0 Å². The second-order valence-corrected chi connectivity index (χ2v) is 8.42. The van der Waals surface area contributed by atoms with Crippen molar-refractivity contribution in [2.45, 2.75) is 25.2 Å². The summed E-state index contributed by atoms with van der Waals surface area (Å²) in [7, 11) is 3.30. The van der Waals surface area contributed by atoms with Crippen LogP contribution in [-0.2, 0) is 6.42 Å². The molecule has 0 spiro atoms. The number of rotatable bonds is 6. The van der Waals surface area contributed by atoms with Crippen molar-refractivity contribution < 1.29 is 18.7 Å². The molecule has 1 amide bonds. The minimum atomic E-state index is -0.000112. The largest absolute Gasteiger partial charge is 0.497 e. The number of aromatic nitrogens is 2. The van der Waals surface area contributed by atoms with E-state index in [0.717, 1.165) is 53.1 Å². The first-order valence-electron chi connectivity index (χ1n) is 11.2. The minimum absolute atomic E-state index is 0.000112. The Morgan fingerprint density at radius 2 is 1.91 bits per heavy atom. The number of H-pyrrole nitrogens is 1. The number of aromatic amines is 1. The first-order chi connectivity index (χ1) is 16.1. The fourth-order valence-electron chi connectivity index (χ4n) is 4.42. The molecule has 33 heavy (non-hydrogen) atoms. The molecule has 7 nitrogen and oxygen atoms in total. The maximum atomic E-state index is 13.2. The first kappa shape index (κ1) is 21.1. The highest BCUT2D eigenvalue weighted by Crippen LogP contribution is 2.29. The van der Waals surface area contributed by atoms with E-state index in [1.165, 1.54) is 0 Å². The van der Waals surface area contributed by atoms with E-state index in [9.17, 15) is 4.79 Å². The number of oxazole rings is 1. The number of hydrogen-bond donors (Lipinski definition) is 1. The normalized spacial score (nSPS) is 16.2. The number of nitrogens with one attached hydrogen (secondary N) is 1. The SMILES string of the molecule is COc1ccc(Cc2cnc([C@@H]3CCCN(C(=O)c4cc5cc(OC)ccc5[nH]4)C3)o2)cc1. The van der Waals surface area contributed by atoms with Crippen LogP contribution in [0.4, 0.5) is 0 Å². The lowest BCUT2D eigenvalue weighted by Gasteiger charge is -2.31. The van der Waals surface area contributed by atoms with Gasteiger partial charge in [0, 0.05) is 30.4 Å². The summed E-state index contributed by atoms with van der Waals surface area (Å²) in [5, 5.41) is 0.960. The number of likely N-dealkylation sites (tertiary alicyclic amines) is 1. The quantitative estimate of drug-likeness (QED) is 0.462. The summed E-state index contributed by atoms with van der Waals surface area (Å²) in [5.74, 6) is 3.23. The first-order valence-corrected chi connectivity index (χ1v) is 11.2. The molecule has 0 unspecified atom stereocenters. The Morgan fingerprint density at radius 1 is 1.12 bits per heavy atom. The molecule has 2 aromatic heterocycles. The Balaban J connectivity index is 1.27. The van der Waals surface area contributed by atoms with Gasteiger partial charge in [0.2, 0.25) is 0 Å². The summed E-state index contributed by atoms with van der Waals surface area (Å²) >= 11 is 0. The van der Waals surface area contributed by atoms with E-state index >= 15 is 0 Å². The molecule has 7 heteroatoms. The molecular formula is C26H27N3O4. The summed E-state index contributed by atoms with van der Waals surface area (Å²) in [4.78, 5) is 22.9. The summed E-state index contributed by atoms with van der Waals surface area (Å²) in [6.07, 6.45) is 4.34. The van der Waals surface area contributed by atoms with Crippen molar-refractivity contribution in [2.75, 3.05) is 27.3 Å². The van der Waals surface area contributed by atoms with Crippen molar-refractivity contribution in [1.29, 1.82) is 0 Å². The second kappa shape index (κ2) is 9.02. The zero-order valence-electron chi connectivity index (χ0n) is 18.8. The molecule has 170 valence electrons. The van der Waals surface area contributed by atoms with E-state index < -0.39 is 0 Å². The van der Waals surface area contributed by atoms with Gasteiger partial charge in [-0.1, -0.05) is 12.1 Å². The monoisotopic (exact) mass is 445 g/mol. The van der Waals surface area contributed by atoms with E-state index in [2.05, 4.69) is 9.97 Å². The van der Waals surface area contributed by atoms with Crippen LogP contribution in [0.15, 0.2) is 59.1 Å². The molecule has 1 N–H and O–H groups in total. The molecule has 2 aromatic carbocycles. The molecule has 0 aliphatic carbocycles. The molecule has 5 rings (SSSR count). The average Bonchev–Trinajstić information content (AvgIpc) is 3.51. The molecule has 1 saturated heterocycles. The van der Waals surface area contributed by atoms with Gasteiger partial charge >= 0.3 is 0 Å². The Labute approximate surface area is 192 Å². The van der Waals surface area contributed by atoms with Gasteiger partial charge < -0.3 is 23.8 Å². The number of piperidine rings is 1. The Kier molecular flexibility index (Phi) is 5.77. The number of amides is 1. The lowest BCUT2D eigenvalue weighted by atomic mass is 9.97. The molecule has 1 fully saturated rings. The fourth-order valence-corrected chi connectivity index (χ4v) is 4.42. The molecular weight excluding hydrogens is 418 g/mol. The van der Waals surface area contributed by atoms with E-state index in [-0.39, 0.29) is 11.8 Å². The van der Waals surface area contributed by atoms with E-state index in [1.807, 2.05) is 53.4 Å². The number of carbonyl (C=O) groups excluding carboxylic acids is 1. The summed E-state index contributed by atoms with van der Waals surface area (Å²) in [6.45, 7) is 1.33. The topological polar surface area (TPSA) is 80.6 Å². The lowest BCUT2D eigenvalue weighted by molar-refractivity contribution is 0.0693. The van der Waals surface area contributed by atoms with Crippen LogP contribution < -0.4 is 9.47 Å². The van der Waals surface area contributed by atoms with Crippen LogP contribution in [0.2, 0.25) is 0 Å². The van der Waals surface area contributed by atoms with Gasteiger partial charge in [0.05, 0.1) is 26.3 Å². The smallest absolute Gasteiger partial charge is 0.270 e. The maximum absolute atomic E-state index is 13.2. The number of carbonyl (C=O) groups is 1. The third kappa shape index (κ3) is 4.44. The van der Waals surface area contributed by atoms with Crippen molar-refractivity contribution in [3.05, 3.63) is 77.6 Å². The van der Waals surface area contributed by atoms with Crippen LogP contribution in [0.25, 0.3) is 10.9 Å². The molecule has 3 heterocycles. The summed E-state index contributed by atoms with van der Waals surface area (Å²) in [5.41, 5.74) is 2.64. The molecule has 1 atom stereocenters. The van der Waals surface area contributed by atoms with E-state index in [0.29, 0.717) is 24.6 Å². The predicted molar refractivity (Wildman–Crippen MR) is 125 cm³/mol. The number of benzene rings is 2. The van der Waals surface area contributed by atoms with Gasteiger partial charge in [0.15, 0.2) is 5.89 Å². The van der Waals surface area contributed by atoms with Gasteiger partial charge in [-0.05, 0) is 54.8 Å². The highest BCUT2D eigenvalue weighted by molar-refractivity contribution is 5.98.